The second-order valence-electron chi connectivity index (χ2n) is 5.01. The van der Waals surface area contributed by atoms with Crippen molar-refractivity contribution in [2.45, 2.75) is 51.7 Å². The van der Waals surface area contributed by atoms with E-state index in [1.165, 1.54) is 0 Å². The quantitative estimate of drug-likeness (QED) is 0.653. The van der Waals surface area contributed by atoms with Gasteiger partial charge >= 0.3 is 12.0 Å². The number of urea groups is 1. The summed E-state index contributed by atoms with van der Waals surface area (Å²) in [6.07, 6.45) is 3.23. The summed E-state index contributed by atoms with van der Waals surface area (Å²) in [6.45, 7) is 5.22. The molecule has 3 atom stereocenters. The van der Waals surface area contributed by atoms with Crippen molar-refractivity contribution in [3.05, 3.63) is 0 Å². The molecule has 0 aromatic heterocycles. The molecule has 1 heterocycles. The fourth-order valence-corrected chi connectivity index (χ4v) is 2.14. The van der Waals surface area contributed by atoms with Crippen LogP contribution in [0.15, 0.2) is 0 Å². The van der Waals surface area contributed by atoms with Crippen molar-refractivity contribution in [3.8, 4) is 0 Å². The Morgan fingerprint density at radius 2 is 2.21 bits per heavy atom. The normalized spacial score (nSPS) is 23.9. The summed E-state index contributed by atoms with van der Waals surface area (Å²) in [7, 11) is 0. The van der Waals surface area contributed by atoms with Crippen molar-refractivity contribution in [1.82, 2.24) is 10.6 Å². The van der Waals surface area contributed by atoms with Crippen molar-refractivity contribution in [2.24, 2.45) is 5.92 Å². The van der Waals surface area contributed by atoms with Crippen LogP contribution in [0.25, 0.3) is 0 Å². The van der Waals surface area contributed by atoms with Crippen molar-refractivity contribution >= 4 is 12.0 Å². The molecule has 0 saturated carbocycles. The Bertz CT molecular complexity index is 309. The van der Waals surface area contributed by atoms with Gasteiger partial charge in [0.25, 0.3) is 0 Å². The lowest BCUT2D eigenvalue weighted by Crippen LogP contribution is -2.47. The van der Waals surface area contributed by atoms with Gasteiger partial charge in [0.15, 0.2) is 0 Å². The van der Waals surface area contributed by atoms with Gasteiger partial charge in [0.1, 0.15) is 6.04 Å². The Kier molecular flexibility index (Phi) is 6.62. The smallest absolute Gasteiger partial charge is 0.326 e. The number of amides is 2. The molecule has 0 aromatic carbocycles. The monoisotopic (exact) mass is 272 g/mol. The van der Waals surface area contributed by atoms with E-state index in [9.17, 15) is 9.59 Å². The summed E-state index contributed by atoms with van der Waals surface area (Å²) in [5.74, 6) is -0.675. The number of hydrogen-bond acceptors (Lipinski definition) is 3. The molecule has 110 valence electrons. The topological polar surface area (TPSA) is 87.7 Å². The van der Waals surface area contributed by atoms with Gasteiger partial charge in [-0.15, -0.1) is 0 Å². The van der Waals surface area contributed by atoms with Crippen molar-refractivity contribution in [2.75, 3.05) is 13.2 Å². The molecule has 0 spiro atoms. The molecule has 6 nitrogen and oxygen atoms in total. The second kappa shape index (κ2) is 7.99. The molecular formula is C13H24N2O4. The van der Waals surface area contributed by atoms with Gasteiger partial charge in [-0.2, -0.15) is 0 Å². The maximum absolute atomic E-state index is 11.7. The molecule has 1 saturated heterocycles. The zero-order valence-corrected chi connectivity index (χ0v) is 11.6. The van der Waals surface area contributed by atoms with E-state index in [0.717, 1.165) is 25.9 Å². The van der Waals surface area contributed by atoms with Gasteiger partial charge < -0.3 is 20.5 Å². The van der Waals surface area contributed by atoms with E-state index in [1.807, 2.05) is 13.8 Å². The lowest BCUT2D eigenvalue weighted by molar-refractivity contribution is -0.139. The van der Waals surface area contributed by atoms with Gasteiger partial charge in [-0.05, 0) is 19.8 Å². The first-order valence-electron chi connectivity index (χ1n) is 6.93. The Labute approximate surface area is 113 Å². The van der Waals surface area contributed by atoms with Crippen LogP contribution in [0.3, 0.4) is 0 Å². The predicted molar refractivity (Wildman–Crippen MR) is 71.0 cm³/mol. The van der Waals surface area contributed by atoms with Crippen LogP contribution in [-0.4, -0.2) is 42.4 Å². The third kappa shape index (κ3) is 5.46. The van der Waals surface area contributed by atoms with Crippen LogP contribution in [0.5, 0.6) is 0 Å². The molecule has 0 radical (unpaired) electrons. The van der Waals surface area contributed by atoms with Crippen molar-refractivity contribution < 1.29 is 19.4 Å². The Morgan fingerprint density at radius 1 is 1.47 bits per heavy atom. The molecule has 0 bridgehead atoms. The Hall–Kier alpha value is -1.30. The third-order valence-electron chi connectivity index (χ3n) is 3.51. The van der Waals surface area contributed by atoms with Gasteiger partial charge in [0.05, 0.1) is 6.10 Å². The molecule has 3 N–H and O–H groups in total. The predicted octanol–water partition coefficient (Wildman–Crippen LogP) is 1.35. The minimum Gasteiger partial charge on any atom is -0.480 e. The zero-order valence-electron chi connectivity index (χ0n) is 11.6. The van der Waals surface area contributed by atoms with E-state index in [-0.39, 0.29) is 6.10 Å². The Morgan fingerprint density at radius 3 is 2.74 bits per heavy atom. The number of carbonyl (C=O) groups excluding carboxylic acids is 1. The molecule has 0 aliphatic carbocycles. The van der Waals surface area contributed by atoms with Crippen LogP contribution in [0.1, 0.15) is 39.5 Å². The highest BCUT2D eigenvalue weighted by atomic mass is 16.5. The average molecular weight is 272 g/mol. The van der Waals surface area contributed by atoms with E-state index < -0.39 is 18.0 Å². The van der Waals surface area contributed by atoms with Crippen molar-refractivity contribution in [1.29, 1.82) is 0 Å². The molecule has 2 unspecified atom stereocenters. The lowest BCUT2D eigenvalue weighted by atomic mass is 10.0. The number of carbonyl (C=O) groups is 2. The molecule has 1 aliphatic heterocycles. The summed E-state index contributed by atoms with van der Waals surface area (Å²) in [5, 5.41) is 14.2. The number of ether oxygens (including phenoxy) is 1. The van der Waals surface area contributed by atoms with E-state index in [2.05, 4.69) is 10.6 Å². The highest BCUT2D eigenvalue weighted by molar-refractivity contribution is 5.82. The number of carboxylic acid groups (broad SMARTS) is 1. The highest BCUT2D eigenvalue weighted by Crippen LogP contribution is 2.19. The number of rotatable bonds is 7. The standard InChI is InChI=1S/C13H24N2O4/c1-3-4-5-11(12(16)17)15-13(18)14-8-10-6-7-19-9(10)2/h9-11H,3-8H2,1-2H3,(H,16,17)(H2,14,15,18)/t9?,10?,11-/m0/s1. The molecule has 2 amide bonds. The minimum atomic E-state index is -0.985. The molecule has 1 fully saturated rings. The van der Waals surface area contributed by atoms with Gasteiger partial charge in [0, 0.05) is 19.1 Å². The second-order valence-corrected chi connectivity index (χ2v) is 5.01. The number of aliphatic carboxylic acids is 1. The van der Waals surface area contributed by atoms with E-state index in [0.29, 0.717) is 18.9 Å². The fraction of sp³-hybridized carbons (Fsp3) is 0.846. The van der Waals surface area contributed by atoms with Crippen LogP contribution in [-0.2, 0) is 9.53 Å². The van der Waals surface area contributed by atoms with Crippen LogP contribution < -0.4 is 10.6 Å². The number of unbranched alkanes of at least 4 members (excludes halogenated alkanes) is 1. The summed E-state index contributed by atoms with van der Waals surface area (Å²) in [4.78, 5) is 22.6. The fourth-order valence-electron chi connectivity index (χ4n) is 2.14. The molecule has 0 aromatic rings. The largest absolute Gasteiger partial charge is 0.480 e. The summed E-state index contributed by atoms with van der Waals surface area (Å²) in [6, 6.07) is -1.22. The number of carboxylic acids is 1. The van der Waals surface area contributed by atoms with Crippen LogP contribution >= 0.6 is 0 Å². The molecule has 6 heteroatoms. The van der Waals surface area contributed by atoms with E-state index >= 15 is 0 Å². The third-order valence-corrected chi connectivity index (χ3v) is 3.51. The molecule has 19 heavy (non-hydrogen) atoms. The van der Waals surface area contributed by atoms with Crippen LogP contribution in [0.2, 0.25) is 0 Å². The maximum Gasteiger partial charge on any atom is 0.326 e. The number of nitrogens with one attached hydrogen (secondary N) is 2. The highest BCUT2D eigenvalue weighted by Gasteiger charge is 2.25. The SMILES string of the molecule is CCCC[C@H](NC(=O)NCC1CCOC1C)C(=O)O. The number of hydrogen-bond donors (Lipinski definition) is 3. The first kappa shape index (κ1) is 15.8. The van der Waals surface area contributed by atoms with E-state index in [1.54, 1.807) is 0 Å². The molecule has 1 aliphatic rings. The van der Waals surface area contributed by atoms with Gasteiger partial charge in [-0.3, -0.25) is 0 Å². The van der Waals surface area contributed by atoms with Gasteiger partial charge in [-0.25, -0.2) is 9.59 Å². The summed E-state index contributed by atoms with van der Waals surface area (Å²) < 4.78 is 5.40. The minimum absolute atomic E-state index is 0.149. The van der Waals surface area contributed by atoms with E-state index in [4.69, 9.17) is 9.84 Å². The maximum atomic E-state index is 11.7. The lowest BCUT2D eigenvalue weighted by Gasteiger charge is -2.18. The first-order chi connectivity index (χ1) is 9.04. The first-order valence-corrected chi connectivity index (χ1v) is 6.93. The summed E-state index contributed by atoms with van der Waals surface area (Å²) in [5.41, 5.74) is 0. The zero-order chi connectivity index (χ0) is 14.3. The van der Waals surface area contributed by atoms with Gasteiger partial charge in [-0.1, -0.05) is 19.8 Å². The summed E-state index contributed by atoms with van der Waals surface area (Å²) >= 11 is 0. The van der Waals surface area contributed by atoms with Crippen LogP contribution in [0.4, 0.5) is 4.79 Å². The van der Waals surface area contributed by atoms with Crippen LogP contribution in [0, 0.1) is 5.92 Å². The Balaban J connectivity index is 2.29. The van der Waals surface area contributed by atoms with Gasteiger partial charge in [0.2, 0.25) is 0 Å². The molecule has 1 rings (SSSR count). The molecular weight excluding hydrogens is 248 g/mol. The average Bonchev–Trinajstić information content (AvgIpc) is 2.77. The van der Waals surface area contributed by atoms with Crippen molar-refractivity contribution in [3.63, 3.8) is 0 Å².